The standard InChI is InChI=1S/C8H14FNO4/c1-2-6(9)10-5(8(13)14)3-4-7(11)12/h5-6,10H,2-4H2,1H3,(H,11,12)(H,13,14)/t5-,6?/m0/s1. The molecule has 0 amide bonds. The van der Waals surface area contributed by atoms with Crippen LogP contribution in [0.4, 0.5) is 4.39 Å². The number of hydrogen-bond acceptors (Lipinski definition) is 3. The molecule has 6 heteroatoms. The summed E-state index contributed by atoms with van der Waals surface area (Å²) in [5.74, 6) is -2.33. The monoisotopic (exact) mass is 207 g/mol. The van der Waals surface area contributed by atoms with Gasteiger partial charge in [0.15, 0.2) is 6.30 Å². The Morgan fingerprint density at radius 3 is 2.36 bits per heavy atom. The number of alkyl halides is 1. The lowest BCUT2D eigenvalue weighted by Gasteiger charge is -2.15. The first-order valence-electron chi connectivity index (χ1n) is 4.32. The number of nitrogens with one attached hydrogen (secondary N) is 1. The molecule has 0 radical (unpaired) electrons. The summed E-state index contributed by atoms with van der Waals surface area (Å²) in [6.45, 7) is 1.56. The van der Waals surface area contributed by atoms with Gasteiger partial charge >= 0.3 is 11.9 Å². The van der Waals surface area contributed by atoms with Gasteiger partial charge in [0.25, 0.3) is 0 Å². The summed E-state index contributed by atoms with van der Waals surface area (Å²) in [5.41, 5.74) is 0. The average molecular weight is 207 g/mol. The second kappa shape index (κ2) is 6.31. The Hall–Kier alpha value is -1.17. The smallest absolute Gasteiger partial charge is 0.320 e. The van der Waals surface area contributed by atoms with Gasteiger partial charge in [-0.1, -0.05) is 6.92 Å². The van der Waals surface area contributed by atoms with Gasteiger partial charge in [-0.2, -0.15) is 0 Å². The maximum absolute atomic E-state index is 12.7. The summed E-state index contributed by atoms with van der Waals surface area (Å²) in [6.07, 6.45) is -1.67. The second-order valence-electron chi connectivity index (χ2n) is 2.87. The van der Waals surface area contributed by atoms with Crippen LogP contribution in [-0.2, 0) is 9.59 Å². The van der Waals surface area contributed by atoms with E-state index in [1.165, 1.54) is 0 Å². The molecule has 0 rings (SSSR count). The van der Waals surface area contributed by atoms with E-state index in [0.29, 0.717) is 0 Å². The van der Waals surface area contributed by atoms with E-state index in [1.807, 2.05) is 0 Å². The molecule has 2 atom stereocenters. The molecule has 0 aliphatic rings. The quantitative estimate of drug-likeness (QED) is 0.532. The Balaban J connectivity index is 4.02. The summed E-state index contributed by atoms with van der Waals surface area (Å²) >= 11 is 0. The van der Waals surface area contributed by atoms with Crippen molar-refractivity contribution >= 4 is 11.9 Å². The van der Waals surface area contributed by atoms with Crippen LogP contribution in [0.2, 0.25) is 0 Å². The number of rotatable bonds is 7. The SMILES string of the molecule is CCC(F)N[C@@H](CCC(=O)O)C(=O)O. The predicted octanol–water partition coefficient (Wildman–Crippen LogP) is 0.600. The fraction of sp³-hybridized carbons (Fsp3) is 0.750. The number of halogens is 1. The largest absolute Gasteiger partial charge is 0.481 e. The van der Waals surface area contributed by atoms with E-state index < -0.39 is 24.3 Å². The molecule has 0 aromatic heterocycles. The Labute approximate surface area is 80.9 Å². The Morgan fingerprint density at radius 1 is 1.43 bits per heavy atom. The van der Waals surface area contributed by atoms with Crippen LogP contribution in [0.1, 0.15) is 26.2 Å². The zero-order valence-electron chi connectivity index (χ0n) is 7.86. The van der Waals surface area contributed by atoms with Crippen LogP contribution in [0.5, 0.6) is 0 Å². The molecule has 14 heavy (non-hydrogen) atoms. The van der Waals surface area contributed by atoms with Crippen molar-refractivity contribution in [3.8, 4) is 0 Å². The van der Waals surface area contributed by atoms with Gasteiger partial charge in [-0.3, -0.25) is 14.9 Å². The Bertz CT molecular complexity index is 210. The molecule has 5 nitrogen and oxygen atoms in total. The third-order valence-electron chi connectivity index (χ3n) is 1.69. The molecule has 0 saturated carbocycles. The first-order valence-corrected chi connectivity index (χ1v) is 4.32. The van der Waals surface area contributed by atoms with Gasteiger partial charge in [-0.15, -0.1) is 0 Å². The lowest BCUT2D eigenvalue weighted by Crippen LogP contribution is -2.41. The van der Waals surface area contributed by atoms with Crippen LogP contribution in [0, 0.1) is 0 Å². The highest BCUT2D eigenvalue weighted by atomic mass is 19.1. The van der Waals surface area contributed by atoms with Crippen LogP contribution >= 0.6 is 0 Å². The molecule has 0 saturated heterocycles. The topological polar surface area (TPSA) is 86.6 Å². The second-order valence-corrected chi connectivity index (χ2v) is 2.87. The van der Waals surface area contributed by atoms with E-state index >= 15 is 0 Å². The van der Waals surface area contributed by atoms with Crippen LogP contribution in [-0.4, -0.2) is 34.5 Å². The first kappa shape index (κ1) is 12.8. The van der Waals surface area contributed by atoms with E-state index in [1.54, 1.807) is 6.92 Å². The van der Waals surface area contributed by atoms with Crippen molar-refractivity contribution < 1.29 is 24.2 Å². The number of carboxylic acids is 2. The molecular weight excluding hydrogens is 193 g/mol. The summed E-state index contributed by atoms with van der Waals surface area (Å²) < 4.78 is 12.7. The molecule has 0 aromatic carbocycles. The first-order chi connectivity index (χ1) is 6.47. The van der Waals surface area contributed by atoms with Gasteiger partial charge in [0.05, 0.1) is 0 Å². The van der Waals surface area contributed by atoms with Crippen molar-refractivity contribution in [2.75, 3.05) is 0 Å². The third-order valence-corrected chi connectivity index (χ3v) is 1.69. The zero-order valence-corrected chi connectivity index (χ0v) is 7.86. The summed E-state index contributed by atoms with van der Waals surface area (Å²) in [6, 6.07) is -1.14. The molecule has 3 N–H and O–H groups in total. The molecule has 82 valence electrons. The van der Waals surface area contributed by atoms with Crippen molar-refractivity contribution in [1.82, 2.24) is 5.32 Å². The molecule has 0 fully saturated rings. The molecule has 0 aromatic rings. The van der Waals surface area contributed by atoms with Crippen LogP contribution in [0.15, 0.2) is 0 Å². The van der Waals surface area contributed by atoms with E-state index in [4.69, 9.17) is 10.2 Å². The fourth-order valence-corrected chi connectivity index (χ4v) is 0.882. The van der Waals surface area contributed by atoms with E-state index in [9.17, 15) is 14.0 Å². The summed E-state index contributed by atoms with van der Waals surface area (Å²) in [4.78, 5) is 20.7. The minimum atomic E-state index is -1.41. The van der Waals surface area contributed by atoms with Crippen LogP contribution < -0.4 is 5.32 Å². The minimum absolute atomic E-state index is 0.120. The summed E-state index contributed by atoms with van der Waals surface area (Å²) in [5, 5.41) is 19.1. The predicted molar refractivity (Wildman–Crippen MR) is 46.6 cm³/mol. The highest BCUT2D eigenvalue weighted by Crippen LogP contribution is 2.02. The van der Waals surface area contributed by atoms with Gasteiger partial charge in [-0.25, -0.2) is 4.39 Å². The molecule has 0 aliphatic carbocycles. The molecule has 0 spiro atoms. The fourth-order valence-electron chi connectivity index (χ4n) is 0.882. The lowest BCUT2D eigenvalue weighted by atomic mass is 10.1. The maximum atomic E-state index is 12.7. The molecule has 0 heterocycles. The molecule has 0 bridgehead atoms. The number of aliphatic carboxylic acids is 2. The number of carbonyl (C=O) groups is 2. The van der Waals surface area contributed by atoms with Gasteiger partial charge in [0, 0.05) is 6.42 Å². The number of carboxylic acid groups (broad SMARTS) is 2. The van der Waals surface area contributed by atoms with Gasteiger partial charge in [-0.05, 0) is 12.8 Å². The van der Waals surface area contributed by atoms with Crippen molar-refractivity contribution in [2.45, 2.75) is 38.5 Å². The maximum Gasteiger partial charge on any atom is 0.320 e. The van der Waals surface area contributed by atoms with Gasteiger partial charge in [0.1, 0.15) is 6.04 Å². The average Bonchev–Trinajstić information content (AvgIpc) is 2.10. The van der Waals surface area contributed by atoms with Crippen molar-refractivity contribution in [3.63, 3.8) is 0 Å². The van der Waals surface area contributed by atoms with Crippen molar-refractivity contribution in [3.05, 3.63) is 0 Å². The van der Waals surface area contributed by atoms with Crippen LogP contribution in [0.25, 0.3) is 0 Å². The normalized spacial score (nSPS) is 14.7. The summed E-state index contributed by atoms with van der Waals surface area (Å²) in [7, 11) is 0. The van der Waals surface area contributed by atoms with Crippen molar-refractivity contribution in [1.29, 1.82) is 0 Å². The lowest BCUT2D eigenvalue weighted by molar-refractivity contribution is -0.141. The van der Waals surface area contributed by atoms with Gasteiger partial charge < -0.3 is 10.2 Å². The highest BCUT2D eigenvalue weighted by Gasteiger charge is 2.20. The van der Waals surface area contributed by atoms with E-state index in [2.05, 4.69) is 5.32 Å². The molecular formula is C8H14FNO4. The molecule has 0 aliphatic heterocycles. The zero-order chi connectivity index (χ0) is 11.1. The van der Waals surface area contributed by atoms with Crippen LogP contribution in [0.3, 0.4) is 0 Å². The van der Waals surface area contributed by atoms with E-state index in [0.717, 1.165) is 0 Å². The highest BCUT2D eigenvalue weighted by molar-refractivity contribution is 5.75. The minimum Gasteiger partial charge on any atom is -0.481 e. The van der Waals surface area contributed by atoms with E-state index in [-0.39, 0.29) is 19.3 Å². The number of hydrogen-bond donors (Lipinski definition) is 3. The third kappa shape index (κ3) is 5.47. The Kier molecular flexibility index (Phi) is 5.78. The Morgan fingerprint density at radius 2 is 2.00 bits per heavy atom. The van der Waals surface area contributed by atoms with Crippen molar-refractivity contribution in [2.24, 2.45) is 0 Å². The van der Waals surface area contributed by atoms with Gasteiger partial charge in [0.2, 0.25) is 0 Å². The molecule has 1 unspecified atom stereocenters.